The van der Waals surface area contributed by atoms with Crippen molar-refractivity contribution in [1.82, 2.24) is 4.90 Å². The van der Waals surface area contributed by atoms with E-state index in [0.29, 0.717) is 34.9 Å². The Morgan fingerprint density at radius 1 is 0.935 bits per heavy atom. The number of carbonyl (C=O) groups is 2. The van der Waals surface area contributed by atoms with Crippen LogP contribution >= 0.6 is 0 Å². The predicted octanol–water partition coefficient (Wildman–Crippen LogP) is 4.09. The molecule has 31 heavy (non-hydrogen) atoms. The van der Waals surface area contributed by atoms with Crippen LogP contribution in [0.15, 0.2) is 48.2 Å². The molecular weight excluding hydrogens is 396 g/mol. The van der Waals surface area contributed by atoms with Crippen molar-refractivity contribution in [2.24, 2.45) is 0 Å². The van der Waals surface area contributed by atoms with E-state index in [2.05, 4.69) is 5.32 Å². The number of carbonyl (C=O) groups excluding carboxylic acids is 2. The Labute approximate surface area is 182 Å². The van der Waals surface area contributed by atoms with E-state index in [-0.39, 0.29) is 23.6 Å². The van der Waals surface area contributed by atoms with E-state index in [9.17, 15) is 9.59 Å². The minimum atomic E-state index is -0.376. The highest BCUT2D eigenvalue weighted by Gasteiger charge is 2.40. The average molecular weight is 424 g/mol. The van der Waals surface area contributed by atoms with E-state index < -0.39 is 0 Å². The quantitative estimate of drug-likeness (QED) is 0.611. The van der Waals surface area contributed by atoms with E-state index in [4.69, 9.17) is 14.2 Å². The van der Waals surface area contributed by atoms with Crippen molar-refractivity contribution in [3.05, 3.63) is 53.7 Å². The number of ether oxygens (including phenoxy) is 3. The Kier molecular flexibility index (Phi) is 6.84. The number of benzene rings is 2. The van der Waals surface area contributed by atoms with Crippen molar-refractivity contribution >= 4 is 23.1 Å². The Morgan fingerprint density at radius 3 is 2.19 bits per heavy atom. The van der Waals surface area contributed by atoms with Crippen molar-refractivity contribution in [3.8, 4) is 17.2 Å². The summed E-state index contributed by atoms with van der Waals surface area (Å²) in [7, 11) is 3.10. The minimum Gasteiger partial charge on any atom is -0.497 e. The van der Waals surface area contributed by atoms with Gasteiger partial charge in [0.15, 0.2) is 0 Å². The molecule has 0 atom stereocenters. The van der Waals surface area contributed by atoms with E-state index in [1.54, 1.807) is 49.6 Å². The van der Waals surface area contributed by atoms with Gasteiger partial charge in [0.05, 0.1) is 32.1 Å². The molecule has 7 nitrogen and oxygen atoms in total. The van der Waals surface area contributed by atoms with Crippen molar-refractivity contribution in [2.45, 2.75) is 33.2 Å². The number of nitrogens with one attached hydrogen (secondary N) is 1. The van der Waals surface area contributed by atoms with Crippen LogP contribution in [-0.4, -0.2) is 43.6 Å². The molecule has 1 N–H and O–H groups in total. The van der Waals surface area contributed by atoms with Crippen LogP contribution in [0.2, 0.25) is 0 Å². The van der Waals surface area contributed by atoms with Gasteiger partial charge in [0.25, 0.3) is 11.8 Å². The summed E-state index contributed by atoms with van der Waals surface area (Å²) >= 11 is 0. The summed E-state index contributed by atoms with van der Waals surface area (Å²) in [5.74, 6) is 1.13. The van der Waals surface area contributed by atoms with Crippen LogP contribution in [0.3, 0.4) is 0 Å². The first kappa shape index (κ1) is 22.2. The highest BCUT2D eigenvalue weighted by Crippen LogP contribution is 2.36. The zero-order valence-electron chi connectivity index (χ0n) is 18.5. The monoisotopic (exact) mass is 424 g/mol. The minimum absolute atomic E-state index is 0.212. The van der Waals surface area contributed by atoms with Gasteiger partial charge >= 0.3 is 0 Å². The Bertz CT molecular complexity index is 996. The van der Waals surface area contributed by atoms with Crippen molar-refractivity contribution < 1.29 is 23.8 Å². The van der Waals surface area contributed by atoms with Crippen LogP contribution in [0.25, 0.3) is 5.57 Å². The fourth-order valence-corrected chi connectivity index (χ4v) is 3.37. The maximum atomic E-state index is 13.2. The number of amides is 2. The zero-order valence-corrected chi connectivity index (χ0v) is 18.5. The molecule has 0 aliphatic carbocycles. The van der Waals surface area contributed by atoms with Gasteiger partial charge < -0.3 is 19.5 Å². The molecule has 164 valence electrons. The molecule has 0 saturated heterocycles. The highest BCUT2D eigenvalue weighted by molar-refractivity contribution is 6.36. The van der Waals surface area contributed by atoms with Crippen LogP contribution in [0, 0.1) is 0 Å². The molecule has 2 aromatic carbocycles. The van der Waals surface area contributed by atoms with Crippen LogP contribution < -0.4 is 19.5 Å². The third-order valence-corrected chi connectivity index (χ3v) is 4.92. The van der Waals surface area contributed by atoms with Crippen molar-refractivity contribution in [1.29, 1.82) is 0 Å². The number of hydrogen-bond acceptors (Lipinski definition) is 6. The molecule has 1 heterocycles. The molecule has 2 aromatic rings. The molecule has 0 aromatic heterocycles. The van der Waals surface area contributed by atoms with Gasteiger partial charge in [-0.2, -0.15) is 0 Å². The first-order valence-electron chi connectivity index (χ1n) is 10.3. The van der Waals surface area contributed by atoms with Crippen LogP contribution in [0.5, 0.6) is 17.2 Å². The number of imide groups is 1. The number of methoxy groups -OCH3 is 2. The summed E-state index contributed by atoms with van der Waals surface area (Å²) < 4.78 is 16.3. The fraction of sp³-hybridized carbons (Fsp3) is 0.333. The first-order valence-corrected chi connectivity index (χ1v) is 10.3. The average Bonchev–Trinajstić information content (AvgIpc) is 3.02. The van der Waals surface area contributed by atoms with E-state index in [1.807, 2.05) is 20.8 Å². The molecule has 0 spiro atoms. The Morgan fingerprint density at radius 2 is 1.61 bits per heavy atom. The van der Waals surface area contributed by atoms with Crippen molar-refractivity contribution in [3.63, 3.8) is 0 Å². The fourth-order valence-electron chi connectivity index (χ4n) is 3.37. The van der Waals surface area contributed by atoms with Crippen LogP contribution in [-0.2, 0) is 9.59 Å². The molecule has 1 aliphatic heterocycles. The van der Waals surface area contributed by atoms with Gasteiger partial charge in [0.1, 0.15) is 22.9 Å². The lowest BCUT2D eigenvalue weighted by atomic mass is 10.0. The molecule has 3 rings (SSSR count). The number of rotatable bonds is 9. The van der Waals surface area contributed by atoms with Gasteiger partial charge in [-0.15, -0.1) is 0 Å². The van der Waals surface area contributed by atoms with E-state index >= 15 is 0 Å². The van der Waals surface area contributed by atoms with Gasteiger partial charge in [-0.3, -0.25) is 14.5 Å². The molecule has 1 aliphatic rings. The molecule has 0 saturated carbocycles. The zero-order chi connectivity index (χ0) is 22.5. The van der Waals surface area contributed by atoms with E-state index in [1.165, 1.54) is 12.0 Å². The number of nitrogens with zero attached hydrogens (tertiary/aromatic N) is 1. The SMILES string of the molecule is CCCOc1ccc(C2=C(Nc3ccc(OC)cc3OC)C(=O)N(C(C)C)C2=O)cc1. The third kappa shape index (κ3) is 4.50. The lowest BCUT2D eigenvalue weighted by Crippen LogP contribution is -2.38. The maximum absolute atomic E-state index is 13.2. The van der Waals surface area contributed by atoms with Gasteiger partial charge in [0, 0.05) is 12.1 Å². The molecule has 2 amide bonds. The summed E-state index contributed by atoms with van der Waals surface area (Å²) in [5.41, 5.74) is 1.73. The number of hydrogen-bond donors (Lipinski definition) is 1. The van der Waals surface area contributed by atoms with Crippen LogP contribution in [0.1, 0.15) is 32.8 Å². The van der Waals surface area contributed by atoms with Gasteiger partial charge in [-0.1, -0.05) is 19.1 Å². The van der Waals surface area contributed by atoms with E-state index in [0.717, 1.165) is 12.2 Å². The molecule has 0 radical (unpaired) electrons. The maximum Gasteiger partial charge on any atom is 0.278 e. The second-order valence-electron chi connectivity index (χ2n) is 7.39. The summed E-state index contributed by atoms with van der Waals surface area (Å²) in [6, 6.07) is 12.1. The molecule has 7 heteroatoms. The first-order chi connectivity index (χ1) is 14.9. The summed E-state index contributed by atoms with van der Waals surface area (Å²) in [4.78, 5) is 27.6. The number of anilines is 1. The van der Waals surface area contributed by atoms with Crippen molar-refractivity contribution in [2.75, 3.05) is 26.1 Å². The van der Waals surface area contributed by atoms with Crippen LogP contribution in [0.4, 0.5) is 5.69 Å². The van der Waals surface area contributed by atoms with Gasteiger partial charge in [-0.25, -0.2) is 0 Å². The highest BCUT2D eigenvalue weighted by atomic mass is 16.5. The third-order valence-electron chi connectivity index (χ3n) is 4.92. The second kappa shape index (κ2) is 9.55. The molecular formula is C24H28N2O5. The van der Waals surface area contributed by atoms with Gasteiger partial charge in [-0.05, 0) is 50.1 Å². The summed E-state index contributed by atoms with van der Waals surface area (Å²) in [5, 5.41) is 3.13. The Balaban J connectivity index is 2.04. The predicted molar refractivity (Wildman–Crippen MR) is 119 cm³/mol. The second-order valence-corrected chi connectivity index (χ2v) is 7.39. The molecule has 0 bridgehead atoms. The topological polar surface area (TPSA) is 77.1 Å². The standard InChI is InChI=1S/C24H28N2O5/c1-6-13-31-17-9-7-16(8-10-17)21-22(24(28)26(15(2)3)23(21)27)25-19-12-11-18(29-4)14-20(19)30-5/h7-12,14-15,25H,6,13H2,1-5H3. The lowest BCUT2D eigenvalue weighted by molar-refractivity contribution is -0.138. The Hall–Kier alpha value is -3.48. The molecule has 0 fully saturated rings. The van der Waals surface area contributed by atoms with Gasteiger partial charge in [0.2, 0.25) is 0 Å². The normalized spacial score (nSPS) is 13.8. The summed E-state index contributed by atoms with van der Waals surface area (Å²) in [6.45, 7) is 6.27. The summed E-state index contributed by atoms with van der Waals surface area (Å²) in [6.07, 6.45) is 0.904. The lowest BCUT2D eigenvalue weighted by Gasteiger charge is -2.19. The largest absolute Gasteiger partial charge is 0.497 e. The smallest absolute Gasteiger partial charge is 0.278 e. The molecule has 0 unspecified atom stereocenters.